The molecule has 0 aromatic carbocycles. The van der Waals surface area contributed by atoms with Crippen LogP contribution in [0.2, 0.25) is 0 Å². The van der Waals surface area contributed by atoms with Gasteiger partial charge in [-0.25, -0.2) is 9.59 Å². The predicted octanol–water partition coefficient (Wildman–Crippen LogP) is 0.356. The Hall–Kier alpha value is -1.34. The number of carboxylic acid groups (broad SMARTS) is 1. The minimum absolute atomic E-state index is 0.0313. The number of hydrogen-bond donors (Lipinski definition) is 2. The van der Waals surface area contributed by atoms with Crippen molar-refractivity contribution in [3.05, 3.63) is 0 Å². The zero-order valence-electron chi connectivity index (χ0n) is 12.8. The van der Waals surface area contributed by atoms with Gasteiger partial charge in [-0.3, -0.25) is 0 Å². The summed E-state index contributed by atoms with van der Waals surface area (Å²) in [6.07, 6.45) is 1.65. The fourth-order valence-electron chi connectivity index (χ4n) is 3.20. The number of carboxylic acids is 1. The number of likely N-dealkylation sites (tertiary alicyclic amines) is 1. The Labute approximate surface area is 125 Å². The summed E-state index contributed by atoms with van der Waals surface area (Å²) in [5.74, 6) is -0.911. The lowest BCUT2D eigenvalue weighted by atomic mass is 9.93. The van der Waals surface area contributed by atoms with Crippen molar-refractivity contribution in [3.63, 3.8) is 0 Å². The minimum atomic E-state index is -1.05. The van der Waals surface area contributed by atoms with Gasteiger partial charge < -0.3 is 25.0 Å². The van der Waals surface area contributed by atoms with E-state index in [2.05, 4.69) is 10.2 Å². The lowest BCUT2D eigenvalue weighted by molar-refractivity contribution is -0.148. The van der Waals surface area contributed by atoms with E-state index < -0.39 is 11.5 Å². The third kappa shape index (κ3) is 3.29. The van der Waals surface area contributed by atoms with Crippen molar-refractivity contribution in [3.8, 4) is 0 Å². The molecule has 2 amide bonds. The highest BCUT2D eigenvalue weighted by Crippen LogP contribution is 2.32. The average molecular weight is 299 g/mol. The summed E-state index contributed by atoms with van der Waals surface area (Å²) in [7, 11) is 2.02. The monoisotopic (exact) mass is 299 g/mol. The number of carbonyl (C=O) groups excluding carboxylic acids is 1. The fraction of sp³-hybridized carbons (Fsp3) is 0.857. The number of likely N-dealkylation sites (N-methyl/N-ethyl adjacent to an activating group) is 1. The predicted molar refractivity (Wildman–Crippen MR) is 77.2 cm³/mol. The maximum Gasteiger partial charge on any atom is 0.329 e. The highest BCUT2D eigenvalue weighted by Gasteiger charge is 2.48. The van der Waals surface area contributed by atoms with Gasteiger partial charge in [0.1, 0.15) is 5.54 Å². The van der Waals surface area contributed by atoms with Gasteiger partial charge in [-0.1, -0.05) is 6.92 Å². The van der Waals surface area contributed by atoms with Crippen molar-refractivity contribution in [1.29, 1.82) is 0 Å². The maximum atomic E-state index is 12.3. The van der Waals surface area contributed by atoms with Crippen LogP contribution in [0.25, 0.3) is 0 Å². The van der Waals surface area contributed by atoms with Gasteiger partial charge >= 0.3 is 12.0 Å². The lowest BCUT2D eigenvalue weighted by Crippen LogP contribution is -2.57. The number of nitrogens with one attached hydrogen (secondary N) is 1. The van der Waals surface area contributed by atoms with Gasteiger partial charge in [0.05, 0.1) is 12.7 Å². The minimum Gasteiger partial charge on any atom is -0.479 e. The van der Waals surface area contributed by atoms with E-state index in [9.17, 15) is 14.7 Å². The summed E-state index contributed by atoms with van der Waals surface area (Å²) < 4.78 is 5.60. The number of carbonyl (C=O) groups is 2. The van der Waals surface area contributed by atoms with Gasteiger partial charge in [-0.2, -0.15) is 0 Å². The zero-order valence-corrected chi connectivity index (χ0v) is 12.8. The molecule has 21 heavy (non-hydrogen) atoms. The first-order chi connectivity index (χ1) is 9.99. The van der Waals surface area contributed by atoms with Crippen LogP contribution < -0.4 is 5.32 Å². The standard InChI is InChI=1S/C14H25N3O4/c1-3-14(12(18)19)5-4-6-17(14)13(20)15-9-11-10-16(2)7-8-21-11/h11H,3-10H2,1-2H3,(H,15,20)(H,18,19). The third-order valence-corrected chi connectivity index (χ3v) is 4.54. The normalized spacial score (nSPS) is 30.4. The molecule has 2 fully saturated rings. The first-order valence-corrected chi connectivity index (χ1v) is 7.58. The van der Waals surface area contributed by atoms with Gasteiger partial charge in [0.15, 0.2) is 0 Å². The van der Waals surface area contributed by atoms with Crippen LogP contribution in [-0.2, 0) is 9.53 Å². The van der Waals surface area contributed by atoms with Crippen LogP contribution in [0.3, 0.4) is 0 Å². The van der Waals surface area contributed by atoms with E-state index in [0.717, 1.165) is 19.5 Å². The number of ether oxygens (including phenoxy) is 1. The smallest absolute Gasteiger partial charge is 0.329 e. The molecule has 0 radical (unpaired) electrons. The molecule has 2 atom stereocenters. The van der Waals surface area contributed by atoms with E-state index >= 15 is 0 Å². The van der Waals surface area contributed by atoms with Gasteiger partial charge in [0.2, 0.25) is 0 Å². The molecule has 7 heteroatoms. The molecule has 2 heterocycles. The van der Waals surface area contributed by atoms with E-state index in [4.69, 9.17) is 4.74 Å². The Kier molecular flexibility index (Phi) is 5.05. The summed E-state index contributed by atoms with van der Waals surface area (Å²) in [4.78, 5) is 27.5. The number of urea groups is 1. The van der Waals surface area contributed by atoms with E-state index in [1.165, 1.54) is 4.90 Å². The second-order valence-corrected chi connectivity index (χ2v) is 5.89. The topological polar surface area (TPSA) is 82.1 Å². The number of aliphatic carboxylic acids is 1. The second kappa shape index (κ2) is 6.62. The molecule has 0 bridgehead atoms. The van der Waals surface area contributed by atoms with Crippen molar-refractivity contribution >= 4 is 12.0 Å². The van der Waals surface area contributed by atoms with Crippen LogP contribution in [-0.4, -0.2) is 78.4 Å². The molecule has 0 spiro atoms. The molecule has 2 rings (SSSR count). The second-order valence-electron chi connectivity index (χ2n) is 5.89. The molecule has 2 saturated heterocycles. The number of amides is 2. The lowest BCUT2D eigenvalue weighted by Gasteiger charge is -2.35. The molecule has 0 aliphatic carbocycles. The van der Waals surface area contributed by atoms with E-state index in [0.29, 0.717) is 32.5 Å². The van der Waals surface area contributed by atoms with E-state index in [1.807, 2.05) is 14.0 Å². The molecular formula is C14H25N3O4. The summed E-state index contributed by atoms with van der Waals surface area (Å²) in [6.45, 7) is 5.07. The zero-order chi connectivity index (χ0) is 15.5. The molecule has 7 nitrogen and oxygen atoms in total. The molecular weight excluding hydrogens is 274 g/mol. The third-order valence-electron chi connectivity index (χ3n) is 4.54. The molecule has 0 aromatic rings. The Morgan fingerprint density at radius 1 is 1.43 bits per heavy atom. The van der Waals surface area contributed by atoms with Crippen molar-refractivity contribution in [2.24, 2.45) is 0 Å². The van der Waals surface area contributed by atoms with E-state index in [-0.39, 0.29) is 12.1 Å². The van der Waals surface area contributed by atoms with Crippen LogP contribution in [0.15, 0.2) is 0 Å². The highest BCUT2D eigenvalue weighted by atomic mass is 16.5. The number of hydrogen-bond acceptors (Lipinski definition) is 4. The van der Waals surface area contributed by atoms with Crippen LogP contribution in [0.1, 0.15) is 26.2 Å². The van der Waals surface area contributed by atoms with Crippen molar-refractivity contribution in [1.82, 2.24) is 15.1 Å². The summed E-state index contributed by atoms with van der Waals surface area (Å²) in [5.41, 5.74) is -1.05. The summed E-state index contributed by atoms with van der Waals surface area (Å²) >= 11 is 0. The Bertz CT molecular complexity index is 404. The van der Waals surface area contributed by atoms with Crippen molar-refractivity contribution in [2.45, 2.75) is 37.8 Å². The van der Waals surface area contributed by atoms with Crippen molar-refractivity contribution in [2.75, 3.05) is 39.8 Å². The highest BCUT2D eigenvalue weighted by molar-refractivity contribution is 5.87. The number of nitrogens with zero attached hydrogens (tertiary/aromatic N) is 2. The Balaban J connectivity index is 1.91. The first kappa shape index (κ1) is 16.0. The van der Waals surface area contributed by atoms with Gasteiger partial charge in [-0.15, -0.1) is 0 Å². The van der Waals surface area contributed by atoms with Gasteiger partial charge in [0, 0.05) is 26.2 Å². The number of rotatable bonds is 4. The molecule has 2 N–H and O–H groups in total. The van der Waals surface area contributed by atoms with Gasteiger partial charge in [-0.05, 0) is 26.3 Å². The molecule has 0 saturated carbocycles. The van der Waals surface area contributed by atoms with Crippen LogP contribution >= 0.6 is 0 Å². The first-order valence-electron chi connectivity index (χ1n) is 7.58. The Morgan fingerprint density at radius 2 is 2.19 bits per heavy atom. The summed E-state index contributed by atoms with van der Waals surface area (Å²) in [5, 5.41) is 12.3. The van der Waals surface area contributed by atoms with Crippen molar-refractivity contribution < 1.29 is 19.4 Å². The largest absolute Gasteiger partial charge is 0.479 e. The average Bonchev–Trinajstić information content (AvgIpc) is 2.90. The quantitative estimate of drug-likeness (QED) is 0.783. The molecule has 0 aromatic heterocycles. The van der Waals surface area contributed by atoms with E-state index in [1.54, 1.807) is 0 Å². The fourth-order valence-corrected chi connectivity index (χ4v) is 3.20. The molecule has 120 valence electrons. The van der Waals surface area contributed by atoms with Gasteiger partial charge in [0.25, 0.3) is 0 Å². The SMILES string of the molecule is CCC1(C(=O)O)CCCN1C(=O)NCC1CN(C)CCO1. The Morgan fingerprint density at radius 3 is 2.81 bits per heavy atom. The number of morpholine rings is 1. The maximum absolute atomic E-state index is 12.3. The molecule has 2 aliphatic heterocycles. The van der Waals surface area contributed by atoms with Crippen LogP contribution in [0.5, 0.6) is 0 Å². The summed E-state index contributed by atoms with van der Waals surface area (Å²) in [6, 6.07) is -0.298. The molecule has 2 aliphatic rings. The van der Waals surface area contributed by atoms with Crippen LogP contribution in [0, 0.1) is 0 Å². The molecule has 2 unspecified atom stereocenters. The van der Waals surface area contributed by atoms with Crippen LogP contribution in [0.4, 0.5) is 4.79 Å².